The number of phenols is 1. The molecule has 3 aromatic rings. The number of hydrogen-bond donors (Lipinski definition) is 3. The van der Waals surface area contributed by atoms with Crippen molar-refractivity contribution in [1.29, 1.82) is 0 Å². The third kappa shape index (κ3) is 5.60. The third-order valence-corrected chi connectivity index (χ3v) is 6.88. The molecule has 1 aliphatic heterocycles. The molecule has 1 atom stereocenters. The highest BCUT2D eigenvalue weighted by atomic mass is 19.1. The van der Waals surface area contributed by atoms with E-state index in [0.717, 1.165) is 38.0 Å². The summed E-state index contributed by atoms with van der Waals surface area (Å²) in [6, 6.07) is 13.3. The fourth-order valence-electron chi connectivity index (χ4n) is 4.72. The molecule has 1 fully saturated rings. The molecule has 1 saturated heterocycles. The van der Waals surface area contributed by atoms with Crippen molar-refractivity contribution in [3.8, 4) is 17.0 Å². The van der Waals surface area contributed by atoms with Crippen molar-refractivity contribution in [2.75, 3.05) is 43.9 Å². The van der Waals surface area contributed by atoms with Gasteiger partial charge in [-0.05, 0) is 86.8 Å². The van der Waals surface area contributed by atoms with Crippen molar-refractivity contribution in [2.45, 2.75) is 26.7 Å². The van der Waals surface area contributed by atoms with Crippen LogP contribution in [0.25, 0.3) is 11.3 Å². The van der Waals surface area contributed by atoms with Gasteiger partial charge in [0.25, 0.3) is 5.91 Å². The normalized spacial score (nSPS) is 16.1. The molecular formula is C28H34FN5O2. The van der Waals surface area contributed by atoms with Gasteiger partial charge >= 0.3 is 0 Å². The van der Waals surface area contributed by atoms with Crippen LogP contribution in [0.4, 0.5) is 21.6 Å². The molecule has 4 rings (SSSR count). The van der Waals surface area contributed by atoms with Gasteiger partial charge in [0, 0.05) is 31.4 Å². The summed E-state index contributed by atoms with van der Waals surface area (Å²) >= 11 is 0. The number of amides is 1. The zero-order valence-corrected chi connectivity index (χ0v) is 21.1. The van der Waals surface area contributed by atoms with Gasteiger partial charge in [-0.25, -0.2) is 9.37 Å². The molecule has 8 heteroatoms. The predicted molar refractivity (Wildman–Crippen MR) is 142 cm³/mol. The Morgan fingerprint density at radius 3 is 2.78 bits per heavy atom. The van der Waals surface area contributed by atoms with Gasteiger partial charge in [-0.15, -0.1) is 0 Å². The van der Waals surface area contributed by atoms with Gasteiger partial charge in [0.05, 0.1) is 16.9 Å². The number of likely N-dealkylation sites (tertiary alicyclic amines) is 1. The summed E-state index contributed by atoms with van der Waals surface area (Å²) in [5.41, 5.74) is 9.24. The largest absolute Gasteiger partial charge is 0.507 e. The molecule has 190 valence electrons. The first-order valence-corrected chi connectivity index (χ1v) is 12.4. The number of halogens is 1. The highest BCUT2D eigenvalue weighted by Gasteiger charge is 2.21. The van der Waals surface area contributed by atoms with E-state index in [1.54, 1.807) is 42.3 Å². The molecule has 0 aliphatic carbocycles. The molecule has 0 bridgehead atoms. The van der Waals surface area contributed by atoms with Gasteiger partial charge in [-0.2, -0.15) is 0 Å². The Hall–Kier alpha value is -3.65. The van der Waals surface area contributed by atoms with Crippen molar-refractivity contribution in [2.24, 2.45) is 5.92 Å². The summed E-state index contributed by atoms with van der Waals surface area (Å²) < 4.78 is 14.5. The Bertz CT molecular complexity index is 1250. The molecule has 0 saturated carbocycles. The topological polar surface area (TPSA) is 94.7 Å². The monoisotopic (exact) mass is 491 g/mol. The minimum Gasteiger partial charge on any atom is -0.507 e. The zero-order valence-electron chi connectivity index (χ0n) is 21.1. The maximum atomic E-state index is 14.5. The van der Waals surface area contributed by atoms with E-state index in [4.69, 9.17) is 5.73 Å². The molecule has 0 radical (unpaired) electrons. The number of benzene rings is 2. The Balaban J connectivity index is 1.51. The fourth-order valence-corrected chi connectivity index (χ4v) is 4.72. The van der Waals surface area contributed by atoms with Crippen LogP contribution >= 0.6 is 0 Å². The van der Waals surface area contributed by atoms with Crippen LogP contribution in [-0.2, 0) is 0 Å². The van der Waals surface area contributed by atoms with Gasteiger partial charge in [-0.3, -0.25) is 4.79 Å². The number of nitrogens with two attached hydrogens (primary N) is 1. The van der Waals surface area contributed by atoms with Crippen molar-refractivity contribution in [1.82, 2.24) is 15.2 Å². The van der Waals surface area contributed by atoms with Crippen LogP contribution < -0.4 is 16.0 Å². The van der Waals surface area contributed by atoms with Crippen LogP contribution in [0.5, 0.6) is 5.75 Å². The number of aryl methyl sites for hydroxylation is 1. The Labute approximate surface area is 211 Å². The van der Waals surface area contributed by atoms with E-state index >= 15 is 0 Å². The molecular weight excluding hydrogens is 457 g/mol. The molecule has 2 aromatic carbocycles. The van der Waals surface area contributed by atoms with Crippen LogP contribution in [0.1, 0.15) is 35.7 Å². The van der Waals surface area contributed by atoms with Crippen LogP contribution in [0, 0.1) is 18.7 Å². The molecule has 4 N–H and O–H groups in total. The van der Waals surface area contributed by atoms with Crippen molar-refractivity contribution in [3.63, 3.8) is 0 Å². The lowest BCUT2D eigenvalue weighted by atomic mass is 9.98. The summed E-state index contributed by atoms with van der Waals surface area (Å²) in [7, 11) is 1.76. The van der Waals surface area contributed by atoms with Gasteiger partial charge in [0.2, 0.25) is 0 Å². The molecule has 1 aliphatic rings. The van der Waals surface area contributed by atoms with E-state index in [2.05, 4.69) is 22.1 Å². The molecule has 7 nitrogen and oxygen atoms in total. The predicted octanol–water partition coefficient (Wildman–Crippen LogP) is 4.71. The van der Waals surface area contributed by atoms with Gasteiger partial charge in [0.15, 0.2) is 0 Å². The first-order valence-electron chi connectivity index (χ1n) is 12.4. The summed E-state index contributed by atoms with van der Waals surface area (Å²) in [4.78, 5) is 21.3. The number of aromatic nitrogens is 1. The number of aromatic hydroxyl groups is 1. The summed E-state index contributed by atoms with van der Waals surface area (Å²) in [5.74, 6) is -0.0654. The Morgan fingerprint density at radius 1 is 1.25 bits per heavy atom. The van der Waals surface area contributed by atoms with E-state index in [-0.39, 0.29) is 23.3 Å². The quantitative estimate of drug-likeness (QED) is 0.443. The van der Waals surface area contributed by atoms with Gasteiger partial charge in [0.1, 0.15) is 17.4 Å². The Morgan fingerprint density at radius 2 is 2.06 bits per heavy atom. The lowest BCUT2D eigenvalue weighted by Gasteiger charge is -2.31. The smallest absolute Gasteiger partial charge is 0.255 e. The first kappa shape index (κ1) is 25.4. The van der Waals surface area contributed by atoms with Crippen LogP contribution in [0.2, 0.25) is 0 Å². The molecule has 2 heterocycles. The first-order chi connectivity index (χ1) is 17.3. The van der Waals surface area contributed by atoms with Crippen molar-refractivity contribution >= 4 is 23.1 Å². The zero-order chi connectivity index (χ0) is 25.8. The SMILES string of the molecule is CCN1CCCC(CNC(=O)c2ccc(-c3cc(N(C)c4ccc(C)cc4F)ccc3O)nc2N)C1. The number of carbonyl (C=O) groups is 1. The third-order valence-electron chi connectivity index (χ3n) is 6.88. The average Bonchev–Trinajstić information content (AvgIpc) is 2.87. The van der Waals surface area contributed by atoms with Gasteiger partial charge in [-0.1, -0.05) is 13.0 Å². The number of piperidine rings is 1. The van der Waals surface area contributed by atoms with E-state index in [1.165, 1.54) is 12.1 Å². The lowest BCUT2D eigenvalue weighted by molar-refractivity contribution is 0.0934. The van der Waals surface area contributed by atoms with E-state index in [1.807, 2.05) is 13.0 Å². The average molecular weight is 492 g/mol. The molecule has 1 amide bonds. The summed E-state index contributed by atoms with van der Waals surface area (Å²) in [5, 5.41) is 13.5. The number of nitrogen functional groups attached to an aromatic ring is 1. The minimum atomic E-state index is -0.333. The van der Waals surface area contributed by atoms with E-state index in [0.29, 0.717) is 40.7 Å². The number of pyridine rings is 1. The summed E-state index contributed by atoms with van der Waals surface area (Å²) in [6.07, 6.45) is 2.24. The second kappa shape index (κ2) is 11.0. The maximum Gasteiger partial charge on any atom is 0.255 e. The lowest BCUT2D eigenvalue weighted by Crippen LogP contribution is -2.40. The van der Waals surface area contributed by atoms with Crippen molar-refractivity contribution in [3.05, 3.63) is 65.5 Å². The number of carbonyl (C=O) groups excluding carboxylic acids is 1. The standard InChI is InChI=1S/C28H34FN5O2/c1-4-34-13-5-6-19(17-34)16-31-28(36)21-9-10-24(32-27(21)30)22-15-20(8-12-26(22)35)33(3)25-11-7-18(2)14-23(25)29/h7-12,14-15,19,35H,4-6,13,16-17H2,1-3H3,(H2,30,32)(H,31,36). The van der Waals surface area contributed by atoms with Crippen LogP contribution in [0.3, 0.4) is 0 Å². The minimum absolute atomic E-state index is 0.0124. The number of anilines is 3. The number of nitrogens with zero attached hydrogens (tertiary/aromatic N) is 3. The highest BCUT2D eigenvalue weighted by molar-refractivity contribution is 5.98. The number of hydrogen-bond acceptors (Lipinski definition) is 6. The summed E-state index contributed by atoms with van der Waals surface area (Å²) in [6.45, 7) is 7.71. The van der Waals surface area contributed by atoms with Crippen LogP contribution in [0.15, 0.2) is 48.5 Å². The molecule has 0 spiro atoms. The second-order valence-corrected chi connectivity index (χ2v) is 9.46. The van der Waals surface area contributed by atoms with E-state index < -0.39 is 0 Å². The van der Waals surface area contributed by atoms with E-state index in [9.17, 15) is 14.3 Å². The highest BCUT2D eigenvalue weighted by Crippen LogP contribution is 2.35. The number of phenolic OH excluding ortho intramolecular Hbond substituents is 1. The maximum absolute atomic E-state index is 14.5. The fraction of sp³-hybridized carbons (Fsp3) is 0.357. The Kier molecular flexibility index (Phi) is 7.74. The second-order valence-electron chi connectivity index (χ2n) is 9.46. The number of nitrogens with one attached hydrogen (secondary N) is 1. The van der Waals surface area contributed by atoms with Gasteiger partial charge < -0.3 is 26.0 Å². The van der Waals surface area contributed by atoms with Crippen molar-refractivity contribution < 1.29 is 14.3 Å². The molecule has 1 unspecified atom stereocenters. The number of rotatable bonds is 7. The van der Waals surface area contributed by atoms with Crippen LogP contribution in [-0.4, -0.2) is 54.1 Å². The molecule has 1 aromatic heterocycles. The molecule has 36 heavy (non-hydrogen) atoms.